The Hall–Kier alpha value is -2.55. The molecule has 1 saturated carbocycles. The summed E-state index contributed by atoms with van der Waals surface area (Å²) in [5.74, 6) is -1.18. The number of nitrogens with one attached hydrogen (secondary N) is 1. The minimum atomic E-state index is -0.804. The largest absolute Gasteiger partial charge is 0.481 e. The first-order chi connectivity index (χ1) is 10.0. The Morgan fingerprint density at radius 3 is 2.81 bits per heavy atom. The fourth-order valence-corrected chi connectivity index (χ4v) is 2.51. The van der Waals surface area contributed by atoms with Crippen LogP contribution in [0.1, 0.15) is 24.8 Å². The summed E-state index contributed by atoms with van der Waals surface area (Å²) in [4.78, 5) is 24.5. The van der Waals surface area contributed by atoms with E-state index in [9.17, 15) is 9.59 Å². The quantitative estimate of drug-likeness (QED) is 0.888. The van der Waals surface area contributed by atoms with E-state index in [4.69, 9.17) is 10.4 Å². The third kappa shape index (κ3) is 3.51. The van der Waals surface area contributed by atoms with Crippen LogP contribution < -0.4 is 10.2 Å². The van der Waals surface area contributed by atoms with Gasteiger partial charge in [0.1, 0.15) is 0 Å². The van der Waals surface area contributed by atoms with Crippen LogP contribution in [0.15, 0.2) is 24.3 Å². The van der Waals surface area contributed by atoms with Gasteiger partial charge in [0.2, 0.25) is 0 Å². The predicted molar refractivity (Wildman–Crippen MR) is 76.9 cm³/mol. The van der Waals surface area contributed by atoms with E-state index < -0.39 is 5.97 Å². The third-order valence-electron chi connectivity index (χ3n) is 3.78. The van der Waals surface area contributed by atoms with Crippen molar-refractivity contribution in [3.8, 4) is 6.07 Å². The van der Waals surface area contributed by atoms with Gasteiger partial charge in [-0.3, -0.25) is 9.69 Å². The molecule has 0 spiro atoms. The number of carbonyl (C=O) groups excluding carboxylic acids is 1. The number of nitriles is 1. The first-order valence-corrected chi connectivity index (χ1v) is 6.78. The average molecular weight is 287 g/mol. The van der Waals surface area contributed by atoms with Gasteiger partial charge < -0.3 is 10.4 Å². The maximum absolute atomic E-state index is 12.2. The van der Waals surface area contributed by atoms with E-state index in [1.165, 1.54) is 4.90 Å². The van der Waals surface area contributed by atoms with Gasteiger partial charge in [-0.15, -0.1) is 0 Å². The molecule has 2 unspecified atom stereocenters. The minimum Gasteiger partial charge on any atom is -0.481 e. The Morgan fingerprint density at radius 2 is 2.19 bits per heavy atom. The number of benzene rings is 1. The van der Waals surface area contributed by atoms with E-state index >= 15 is 0 Å². The number of aliphatic carboxylic acids is 1. The van der Waals surface area contributed by atoms with Crippen LogP contribution >= 0.6 is 0 Å². The number of nitrogens with zero attached hydrogens (tertiary/aromatic N) is 2. The lowest BCUT2D eigenvalue weighted by Gasteiger charge is -2.21. The van der Waals surface area contributed by atoms with Crippen LogP contribution in [-0.4, -0.2) is 30.2 Å². The second kappa shape index (κ2) is 6.27. The molecule has 1 fully saturated rings. The molecule has 0 saturated heterocycles. The number of urea groups is 1. The van der Waals surface area contributed by atoms with Gasteiger partial charge in [-0.2, -0.15) is 5.26 Å². The highest BCUT2D eigenvalue weighted by molar-refractivity contribution is 5.91. The van der Waals surface area contributed by atoms with E-state index in [1.807, 2.05) is 6.07 Å². The Morgan fingerprint density at radius 1 is 1.43 bits per heavy atom. The Bertz CT molecular complexity index is 594. The monoisotopic (exact) mass is 287 g/mol. The highest BCUT2D eigenvalue weighted by Gasteiger charge is 2.31. The van der Waals surface area contributed by atoms with Crippen LogP contribution in [-0.2, 0) is 4.79 Å². The van der Waals surface area contributed by atoms with Gasteiger partial charge in [-0.05, 0) is 37.5 Å². The lowest BCUT2D eigenvalue weighted by atomic mass is 10.1. The number of carbonyl (C=O) groups is 2. The molecule has 0 aliphatic heterocycles. The van der Waals surface area contributed by atoms with Gasteiger partial charge >= 0.3 is 12.0 Å². The minimum absolute atomic E-state index is 0.111. The zero-order valence-corrected chi connectivity index (χ0v) is 11.7. The van der Waals surface area contributed by atoms with Crippen molar-refractivity contribution in [3.63, 3.8) is 0 Å². The number of carboxylic acids is 1. The fraction of sp³-hybridized carbons (Fsp3) is 0.400. The molecular formula is C15H17N3O3. The average Bonchev–Trinajstić information content (AvgIpc) is 2.95. The molecule has 0 radical (unpaired) electrons. The molecule has 0 heterocycles. The van der Waals surface area contributed by atoms with Crippen LogP contribution in [0, 0.1) is 17.2 Å². The molecule has 1 aliphatic rings. The lowest BCUT2D eigenvalue weighted by molar-refractivity contribution is -0.141. The van der Waals surface area contributed by atoms with E-state index in [1.54, 1.807) is 31.3 Å². The summed E-state index contributed by atoms with van der Waals surface area (Å²) in [7, 11) is 1.62. The molecule has 2 amide bonds. The molecule has 1 aromatic rings. The van der Waals surface area contributed by atoms with Crippen molar-refractivity contribution >= 4 is 17.7 Å². The van der Waals surface area contributed by atoms with Crippen molar-refractivity contribution in [2.24, 2.45) is 5.92 Å². The maximum Gasteiger partial charge on any atom is 0.321 e. The molecule has 0 aromatic heterocycles. The number of hydrogen-bond acceptors (Lipinski definition) is 3. The highest BCUT2D eigenvalue weighted by Crippen LogP contribution is 2.26. The summed E-state index contributed by atoms with van der Waals surface area (Å²) in [6, 6.07) is 8.39. The van der Waals surface area contributed by atoms with Crippen molar-refractivity contribution in [3.05, 3.63) is 29.8 Å². The molecule has 21 heavy (non-hydrogen) atoms. The maximum atomic E-state index is 12.2. The second-order valence-corrected chi connectivity index (χ2v) is 5.22. The van der Waals surface area contributed by atoms with E-state index in [-0.39, 0.29) is 18.0 Å². The number of amides is 2. The Kier molecular flexibility index (Phi) is 4.43. The molecule has 0 bridgehead atoms. The van der Waals surface area contributed by atoms with Crippen molar-refractivity contribution < 1.29 is 14.7 Å². The summed E-state index contributed by atoms with van der Waals surface area (Å²) in [5.41, 5.74) is 1.11. The van der Waals surface area contributed by atoms with E-state index in [2.05, 4.69) is 5.32 Å². The van der Waals surface area contributed by atoms with Crippen molar-refractivity contribution in [2.75, 3.05) is 11.9 Å². The van der Waals surface area contributed by atoms with Gasteiger partial charge in [0.25, 0.3) is 0 Å². The molecule has 6 heteroatoms. The third-order valence-corrected chi connectivity index (χ3v) is 3.78. The van der Waals surface area contributed by atoms with Crippen molar-refractivity contribution in [2.45, 2.75) is 25.3 Å². The molecule has 110 valence electrons. The van der Waals surface area contributed by atoms with E-state index in [0.29, 0.717) is 30.5 Å². The van der Waals surface area contributed by atoms with Crippen LogP contribution in [0.4, 0.5) is 10.5 Å². The zero-order valence-electron chi connectivity index (χ0n) is 11.7. The van der Waals surface area contributed by atoms with Gasteiger partial charge in [0, 0.05) is 18.8 Å². The van der Waals surface area contributed by atoms with Gasteiger partial charge in [0.15, 0.2) is 0 Å². The first kappa shape index (κ1) is 14.9. The second-order valence-electron chi connectivity index (χ2n) is 5.22. The first-order valence-electron chi connectivity index (χ1n) is 6.78. The van der Waals surface area contributed by atoms with Crippen molar-refractivity contribution in [1.29, 1.82) is 5.26 Å². The van der Waals surface area contributed by atoms with Gasteiger partial charge in [-0.25, -0.2) is 4.79 Å². The zero-order chi connectivity index (χ0) is 15.4. The predicted octanol–water partition coefficient (Wildman–Crippen LogP) is 1.96. The van der Waals surface area contributed by atoms with Crippen LogP contribution in [0.5, 0.6) is 0 Å². The molecule has 2 N–H and O–H groups in total. The number of rotatable bonds is 3. The molecule has 2 rings (SSSR count). The molecule has 6 nitrogen and oxygen atoms in total. The van der Waals surface area contributed by atoms with Crippen LogP contribution in [0.2, 0.25) is 0 Å². The van der Waals surface area contributed by atoms with Gasteiger partial charge in [0.05, 0.1) is 17.6 Å². The molecule has 1 aliphatic carbocycles. The summed E-state index contributed by atoms with van der Waals surface area (Å²) >= 11 is 0. The number of carboxylic acid groups (broad SMARTS) is 1. The number of anilines is 1. The lowest BCUT2D eigenvalue weighted by Crippen LogP contribution is -2.42. The van der Waals surface area contributed by atoms with Crippen LogP contribution in [0.25, 0.3) is 0 Å². The Labute approximate surface area is 123 Å². The Balaban J connectivity index is 1.97. The topological polar surface area (TPSA) is 93.4 Å². The summed E-state index contributed by atoms with van der Waals surface area (Å²) in [6.45, 7) is 0. The number of hydrogen-bond donors (Lipinski definition) is 2. The SMILES string of the molecule is CN(C(=O)NC1CCC(C(=O)O)C1)c1cccc(C#N)c1. The molecule has 2 atom stereocenters. The van der Waals surface area contributed by atoms with E-state index in [0.717, 1.165) is 0 Å². The normalized spacial score (nSPS) is 20.6. The summed E-state index contributed by atoms with van der Waals surface area (Å²) < 4.78 is 0. The fourth-order valence-electron chi connectivity index (χ4n) is 2.51. The molecule has 1 aromatic carbocycles. The van der Waals surface area contributed by atoms with Gasteiger partial charge in [-0.1, -0.05) is 6.07 Å². The summed E-state index contributed by atoms with van der Waals surface area (Å²) in [5, 5.41) is 20.7. The molecular weight excluding hydrogens is 270 g/mol. The summed E-state index contributed by atoms with van der Waals surface area (Å²) in [6.07, 6.45) is 1.73. The van der Waals surface area contributed by atoms with Crippen LogP contribution in [0.3, 0.4) is 0 Å². The standard InChI is InChI=1S/C15H17N3O3/c1-18(13-4-2-3-10(7-13)9-16)15(21)17-12-6-5-11(8-12)14(19)20/h2-4,7,11-12H,5-6,8H2,1H3,(H,17,21)(H,19,20). The smallest absolute Gasteiger partial charge is 0.321 e. The highest BCUT2D eigenvalue weighted by atomic mass is 16.4. The van der Waals surface area contributed by atoms with Crippen molar-refractivity contribution in [1.82, 2.24) is 5.32 Å².